The molecule has 2 aromatic rings. The summed E-state index contributed by atoms with van der Waals surface area (Å²) in [6, 6.07) is 2.38. The molecular weight excluding hydrogens is 399 g/mol. The van der Waals surface area contributed by atoms with Crippen LogP contribution in [0, 0.1) is 12.8 Å². The maximum absolute atomic E-state index is 13.7. The average molecular weight is 423 g/mol. The Morgan fingerprint density at radius 1 is 1.30 bits per heavy atom. The summed E-state index contributed by atoms with van der Waals surface area (Å²) in [5.74, 6) is 0.0518. The monoisotopic (exact) mass is 423 g/mol. The van der Waals surface area contributed by atoms with E-state index >= 15 is 0 Å². The molecule has 2 aliphatic heterocycles. The third-order valence-corrected chi connectivity index (χ3v) is 5.99. The Bertz CT molecular complexity index is 1010. The number of fused-ring (bicyclic) bond motifs is 1. The van der Waals surface area contributed by atoms with Gasteiger partial charge >= 0.3 is 6.18 Å². The molecule has 10 heteroatoms. The number of nitrogens with one attached hydrogen (secondary N) is 1. The van der Waals surface area contributed by atoms with E-state index in [2.05, 4.69) is 10.4 Å². The molecule has 3 atom stereocenters. The van der Waals surface area contributed by atoms with Gasteiger partial charge in [0.25, 0.3) is 5.91 Å². The molecule has 1 fully saturated rings. The predicted octanol–water partition coefficient (Wildman–Crippen LogP) is 2.73. The largest absolute Gasteiger partial charge is 0.410 e. The molecule has 2 aromatic heterocycles. The molecule has 0 aliphatic carbocycles. The number of nitrogens with zero attached hydrogens (tertiary/aromatic N) is 4. The molecule has 4 rings (SSSR count). The molecule has 162 valence electrons. The smallest absolute Gasteiger partial charge is 0.367 e. The van der Waals surface area contributed by atoms with E-state index in [0.29, 0.717) is 30.2 Å². The lowest BCUT2D eigenvalue weighted by Gasteiger charge is -2.41. The summed E-state index contributed by atoms with van der Waals surface area (Å²) in [5, 5.41) is 7.24. The van der Waals surface area contributed by atoms with Gasteiger partial charge < -0.3 is 14.8 Å². The molecule has 2 aliphatic rings. The number of hydrogen-bond acceptors (Lipinski definition) is 4. The second-order valence-corrected chi connectivity index (χ2v) is 8.18. The van der Waals surface area contributed by atoms with Crippen molar-refractivity contribution in [2.75, 3.05) is 18.4 Å². The van der Waals surface area contributed by atoms with Crippen molar-refractivity contribution in [2.45, 2.75) is 44.4 Å². The molecule has 1 amide bonds. The standard InChI is InChI=1S/C20H24F3N5O2/c1-12-8-17-24-15(9-16(20(21,22)23)28(17)25-12)13-4-3-7-27(11-13)19(30)14-5-6-18(29)26(2)10-14/h5-6,8,10,13,15-16,24H,3-4,7,9,11H2,1-2H3/t13?,15-,16+/m0/s1. The Hall–Kier alpha value is -2.78. The first-order valence-corrected chi connectivity index (χ1v) is 9.99. The number of piperidine rings is 1. The van der Waals surface area contributed by atoms with E-state index < -0.39 is 18.3 Å². The highest BCUT2D eigenvalue weighted by Crippen LogP contribution is 2.42. The molecule has 0 bridgehead atoms. The highest BCUT2D eigenvalue weighted by atomic mass is 19.4. The van der Waals surface area contributed by atoms with Crippen LogP contribution in [0.25, 0.3) is 0 Å². The third kappa shape index (κ3) is 3.82. The van der Waals surface area contributed by atoms with E-state index in [1.807, 2.05) is 0 Å². The topological polar surface area (TPSA) is 72.2 Å². The van der Waals surface area contributed by atoms with Crippen LogP contribution in [0.3, 0.4) is 0 Å². The SMILES string of the molecule is Cc1cc2n(n1)[C@@H](C(F)(F)F)C[C@@H](C1CCCN(C(=O)c3ccc(=O)n(C)c3)C1)N2. The number of rotatable bonds is 2. The molecule has 1 saturated heterocycles. The van der Waals surface area contributed by atoms with Gasteiger partial charge in [-0.05, 0) is 38.2 Å². The summed E-state index contributed by atoms with van der Waals surface area (Å²) in [7, 11) is 1.58. The molecule has 0 saturated carbocycles. The highest BCUT2D eigenvalue weighted by molar-refractivity contribution is 5.94. The molecular formula is C20H24F3N5O2. The van der Waals surface area contributed by atoms with Gasteiger partial charge in [0.05, 0.1) is 11.3 Å². The Kier molecular flexibility index (Phi) is 5.11. The van der Waals surface area contributed by atoms with Crippen LogP contribution in [0.1, 0.15) is 41.4 Å². The van der Waals surface area contributed by atoms with Gasteiger partial charge in [-0.15, -0.1) is 0 Å². The summed E-state index contributed by atoms with van der Waals surface area (Å²) in [5.41, 5.74) is 0.721. The van der Waals surface area contributed by atoms with Crippen molar-refractivity contribution in [1.82, 2.24) is 19.2 Å². The number of amides is 1. The number of aromatic nitrogens is 3. The lowest BCUT2D eigenvalue weighted by Crippen LogP contribution is -2.49. The molecule has 0 aromatic carbocycles. The van der Waals surface area contributed by atoms with Crippen molar-refractivity contribution >= 4 is 11.7 Å². The van der Waals surface area contributed by atoms with Crippen LogP contribution >= 0.6 is 0 Å². The Morgan fingerprint density at radius 2 is 2.07 bits per heavy atom. The van der Waals surface area contributed by atoms with Crippen molar-refractivity contribution in [3.05, 3.63) is 46.0 Å². The number of anilines is 1. The predicted molar refractivity (Wildman–Crippen MR) is 104 cm³/mol. The van der Waals surface area contributed by atoms with Crippen LogP contribution in [-0.4, -0.2) is 50.5 Å². The Morgan fingerprint density at radius 3 is 2.77 bits per heavy atom. The fourth-order valence-corrected chi connectivity index (χ4v) is 4.46. The van der Waals surface area contributed by atoms with Crippen LogP contribution < -0.4 is 10.9 Å². The molecule has 0 spiro atoms. The van der Waals surface area contributed by atoms with Crippen LogP contribution in [0.5, 0.6) is 0 Å². The van der Waals surface area contributed by atoms with Crippen molar-refractivity contribution in [2.24, 2.45) is 13.0 Å². The molecule has 1 N–H and O–H groups in total. The zero-order chi connectivity index (χ0) is 21.6. The number of hydrogen-bond donors (Lipinski definition) is 1. The fraction of sp³-hybridized carbons (Fsp3) is 0.550. The van der Waals surface area contributed by atoms with Crippen molar-refractivity contribution < 1.29 is 18.0 Å². The number of carbonyl (C=O) groups is 1. The average Bonchev–Trinajstić information content (AvgIpc) is 3.08. The summed E-state index contributed by atoms with van der Waals surface area (Å²) in [6.07, 6.45) is -1.56. The third-order valence-electron chi connectivity index (χ3n) is 5.99. The van der Waals surface area contributed by atoms with E-state index in [-0.39, 0.29) is 23.8 Å². The minimum absolute atomic E-state index is 0.107. The number of halogens is 3. The first kappa shape index (κ1) is 20.5. The maximum atomic E-state index is 13.7. The lowest BCUT2D eigenvalue weighted by molar-refractivity contribution is -0.174. The van der Waals surface area contributed by atoms with Gasteiger partial charge in [-0.1, -0.05) is 0 Å². The minimum atomic E-state index is -4.40. The summed E-state index contributed by atoms with van der Waals surface area (Å²) in [6.45, 7) is 2.59. The van der Waals surface area contributed by atoms with E-state index in [4.69, 9.17) is 0 Å². The quantitative estimate of drug-likeness (QED) is 0.806. The van der Waals surface area contributed by atoms with Gasteiger partial charge in [-0.25, -0.2) is 4.68 Å². The molecule has 0 radical (unpaired) electrons. The normalized spacial score (nSPS) is 24.3. The van der Waals surface area contributed by atoms with Gasteiger partial charge in [0.15, 0.2) is 6.04 Å². The number of alkyl halides is 3. The van der Waals surface area contributed by atoms with Gasteiger partial charge in [0, 0.05) is 44.5 Å². The first-order chi connectivity index (χ1) is 14.1. The maximum Gasteiger partial charge on any atom is 0.410 e. The lowest BCUT2D eigenvalue weighted by atomic mass is 9.85. The van der Waals surface area contributed by atoms with Crippen molar-refractivity contribution in [3.8, 4) is 0 Å². The zero-order valence-electron chi connectivity index (χ0n) is 16.8. The minimum Gasteiger partial charge on any atom is -0.367 e. The number of aryl methyl sites for hydroxylation is 2. The molecule has 4 heterocycles. The van der Waals surface area contributed by atoms with E-state index in [9.17, 15) is 22.8 Å². The van der Waals surface area contributed by atoms with E-state index in [0.717, 1.165) is 17.5 Å². The van der Waals surface area contributed by atoms with Crippen LogP contribution in [0.15, 0.2) is 29.2 Å². The highest BCUT2D eigenvalue weighted by Gasteiger charge is 2.48. The van der Waals surface area contributed by atoms with Crippen LogP contribution in [0.2, 0.25) is 0 Å². The zero-order valence-corrected chi connectivity index (χ0v) is 16.8. The van der Waals surface area contributed by atoms with E-state index in [1.54, 1.807) is 24.9 Å². The van der Waals surface area contributed by atoms with Gasteiger partial charge in [-0.2, -0.15) is 18.3 Å². The van der Waals surface area contributed by atoms with Crippen molar-refractivity contribution in [1.29, 1.82) is 0 Å². The van der Waals surface area contributed by atoms with Crippen LogP contribution in [-0.2, 0) is 7.05 Å². The van der Waals surface area contributed by atoms with E-state index in [1.165, 1.54) is 22.9 Å². The van der Waals surface area contributed by atoms with Crippen LogP contribution in [0.4, 0.5) is 19.0 Å². The number of likely N-dealkylation sites (tertiary alicyclic amines) is 1. The summed E-state index contributed by atoms with van der Waals surface area (Å²) in [4.78, 5) is 26.2. The van der Waals surface area contributed by atoms with Gasteiger partial charge in [-0.3, -0.25) is 9.59 Å². The van der Waals surface area contributed by atoms with Crippen molar-refractivity contribution in [3.63, 3.8) is 0 Å². The number of carbonyl (C=O) groups excluding carboxylic acids is 1. The Balaban J connectivity index is 1.54. The Labute approximate surface area is 171 Å². The summed E-state index contributed by atoms with van der Waals surface area (Å²) < 4.78 is 43.4. The molecule has 7 nitrogen and oxygen atoms in total. The second kappa shape index (κ2) is 7.48. The molecule has 30 heavy (non-hydrogen) atoms. The second-order valence-electron chi connectivity index (χ2n) is 8.18. The molecule has 1 unspecified atom stereocenters. The van der Waals surface area contributed by atoms with Gasteiger partial charge in [0.1, 0.15) is 5.82 Å². The van der Waals surface area contributed by atoms with Gasteiger partial charge in [0.2, 0.25) is 5.56 Å². The summed E-state index contributed by atoms with van der Waals surface area (Å²) >= 11 is 0. The fourth-order valence-electron chi connectivity index (χ4n) is 4.46. The first-order valence-electron chi connectivity index (χ1n) is 9.99. The number of pyridine rings is 1.